The second-order valence-corrected chi connectivity index (χ2v) is 8.73. The summed E-state index contributed by atoms with van der Waals surface area (Å²) >= 11 is -1.95. The van der Waals surface area contributed by atoms with Crippen molar-refractivity contribution in [3.63, 3.8) is 0 Å². The summed E-state index contributed by atoms with van der Waals surface area (Å²) in [6.45, 7) is 0. The summed E-state index contributed by atoms with van der Waals surface area (Å²) in [6.07, 6.45) is 6.08. The summed E-state index contributed by atoms with van der Waals surface area (Å²) in [7, 11) is -3.88. The highest BCUT2D eigenvalue weighted by Crippen LogP contribution is 2.40. The summed E-state index contributed by atoms with van der Waals surface area (Å²) in [5.74, 6) is 1.03. The summed E-state index contributed by atoms with van der Waals surface area (Å²) < 4.78 is 53.0. The lowest BCUT2D eigenvalue weighted by atomic mass is 9.73. The van der Waals surface area contributed by atoms with Gasteiger partial charge in [0.05, 0.1) is 5.25 Å². The predicted molar refractivity (Wildman–Crippen MR) is 72.0 cm³/mol. The Hall–Kier alpha value is 0.0200. The van der Waals surface area contributed by atoms with Gasteiger partial charge < -0.3 is 4.55 Å². The monoisotopic (exact) mass is 309 g/mol. The Morgan fingerprint density at radius 2 is 1.32 bits per heavy atom. The largest absolute Gasteiger partial charge is 0.772 e. The van der Waals surface area contributed by atoms with E-state index < -0.39 is 26.4 Å². The molecule has 2 saturated carbocycles. The molecule has 0 aromatic carbocycles. The fourth-order valence-electron chi connectivity index (χ4n) is 3.61. The van der Waals surface area contributed by atoms with Gasteiger partial charge in [0.15, 0.2) is 0 Å². The molecule has 2 aliphatic carbocycles. The van der Waals surface area contributed by atoms with Crippen LogP contribution in [0.15, 0.2) is 0 Å². The average Bonchev–Trinajstić information content (AvgIpc) is 2.38. The van der Waals surface area contributed by atoms with Crippen LogP contribution in [-0.4, -0.2) is 32.2 Å². The summed E-state index contributed by atoms with van der Waals surface area (Å²) in [5.41, 5.74) is 0. The maximum atomic E-state index is 11.1. The van der Waals surface area contributed by atoms with Crippen molar-refractivity contribution in [2.75, 3.05) is 0 Å². The molecule has 2 fully saturated rings. The van der Waals surface area contributed by atoms with Gasteiger partial charge >= 0.3 is 0 Å². The molecule has 2 aliphatic rings. The second kappa shape index (κ2) is 6.20. The van der Waals surface area contributed by atoms with Crippen molar-refractivity contribution in [2.24, 2.45) is 11.8 Å². The van der Waals surface area contributed by atoms with Crippen molar-refractivity contribution in [1.82, 2.24) is 0 Å². The average molecular weight is 309 g/mol. The third-order valence-electron chi connectivity index (χ3n) is 4.80. The number of hydrogen-bond acceptors (Lipinski definition) is 4. The molecule has 0 bridgehead atoms. The smallest absolute Gasteiger partial charge is 0.267 e. The fourth-order valence-corrected chi connectivity index (χ4v) is 5.14. The Balaban J connectivity index is 1.82. The Kier molecular flexibility index (Phi) is 5.03. The van der Waals surface area contributed by atoms with Crippen molar-refractivity contribution in [3.05, 3.63) is 0 Å². The van der Waals surface area contributed by atoms with Gasteiger partial charge in [0, 0.05) is 5.25 Å². The minimum absolute atomic E-state index is 0.189. The van der Waals surface area contributed by atoms with Crippen LogP contribution in [0.3, 0.4) is 0 Å². The molecular weight excluding hydrogens is 288 g/mol. The molecule has 7 heteroatoms. The van der Waals surface area contributed by atoms with Gasteiger partial charge in [-0.15, -0.1) is 0 Å². The normalized spacial score (nSPS) is 38.8. The van der Waals surface area contributed by atoms with Crippen LogP contribution in [0.4, 0.5) is 0 Å². The molecule has 1 unspecified atom stereocenters. The highest BCUT2D eigenvalue weighted by Gasteiger charge is 2.34. The van der Waals surface area contributed by atoms with E-state index in [2.05, 4.69) is 0 Å². The Morgan fingerprint density at radius 3 is 1.68 bits per heavy atom. The topological polar surface area (TPSA) is 94.5 Å². The molecule has 0 saturated heterocycles. The quantitative estimate of drug-likeness (QED) is 0.634. The second-order valence-electron chi connectivity index (χ2n) is 5.85. The zero-order chi connectivity index (χ0) is 14.0. The van der Waals surface area contributed by atoms with E-state index >= 15 is 0 Å². The van der Waals surface area contributed by atoms with Crippen LogP contribution >= 0.6 is 0 Å². The van der Waals surface area contributed by atoms with Crippen LogP contribution in [0, 0.1) is 11.8 Å². The van der Waals surface area contributed by atoms with Crippen LogP contribution < -0.4 is 0 Å². The van der Waals surface area contributed by atoms with Crippen LogP contribution in [0.2, 0.25) is 0 Å². The van der Waals surface area contributed by atoms with E-state index in [1.165, 1.54) is 0 Å². The van der Waals surface area contributed by atoms with Crippen LogP contribution in [0.5, 0.6) is 0 Å². The molecule has 1 N–H and O–H groups in total. The predicted octanol–water partition coefficient (Wildman–Crippen LogP) is 1.87. The Labute approximate surface area is 117 Å². The van der Waals surface area contributed by atoms with Gasteiger partial charge in [0.2, 0.25) is 0 Å². The third-order valence-corrected chi connectivity index (χ3v) is 7.13. The molecule has 19 heavy (non-hydrogen) atoms. The van der Waals surface area contributed by atoms with Gasteiger partial charge in [-0.1, -0.05) is 11.1 Å². The molecule has 0 heterocycles. The minimum Gasteiger partial charge on any atom is -0.772 e. The van der Waals surface area contributed by atoms with E-state index in [9.17, 15) is 17.2 Å². The van der Waals surface area contributed by atoms with Crippen molar-refractivity contribution in [2.45, 2.75) is 61.9 Å². The van der Waals surface area contributed by atoms with Gasteiger partial charge in [-0.25, -0.2) is 0 Å². The Bertz CT molecular complexity index is 417. The van der Waals surface area contributed by atoms with Crippen LogP contribution in [-0.2, 0) is 21.2 Å². The molecular formula is C12H21O5S2-. The first-order valence-corrected chi connectivity index (χ1v) is 9.56. The van der Waals surface area contributed by atoms with Crippen molar-refractivity contribution >= 4 is 21.2 Å². The zero-order valence-electron chi connectivity index (χ0n) is 10.9. The lowest BCUT2D eigenvalue weighted by molar-refractivity contribution is 0.195. The molecule has 0 radical (unpaired) electrons. The van der Waals surface area contributed by atoms with Gasteiger partial charge in [-0.3, -0.25) is 8.76 Å². The van der Waals surface area contributed by atoms with Gasteiger partial charge in [-0.2, -0.15) is 8.42 Å². The molecule has 2 rings (SSSR count). The molecule has 0 aromatic rings. The highest BCUT2D eigenvalue weighted by atomic mass is 32.2. The van der Waals surface area contributed by atoms with E-state index in [0.29, 0.717) is 24.7 Å². The molecule has 0 aliphatic heterocycles. The van der Waals surface area contributed by atoms with E-state index in [0.717, 1.165) is 38.5 Å². The van der Waals surface area contributed by atoms with Crippen molar-refractivity contribution in [1.29, 1.82) is 0 Å². The van der Waals surface area contributed by atoms with E-state index in [4.69, 9.17) is 4.55 Å². The van der Waals surface area contributed by atoms with Gasteiger partial charge in [-0.05, 0) is 63.2 Å². The molecule has 5 nitrogen and oxygen atoms in total. The lowest BCUT2D eigenvalue weighted by Crippen LogP contribution is -2.32. The van der Waals surface area contributed by atoms with Gasteiger partial charge in [0.25, 0.3) is 10.1 Å². The SMILES string of the molecule is O=S([O-])C1CCC(C2CCC(S(=O)(=O)O)CC2)CC1. The summed E-state index contributed by atoms with van der Waals surface area (Å²) in [6, 6.07) is 0. The molecule has 112 valence electrons. The maximum absolute atomic E-state index is 11.1. The first-order valence-electron chi connectivity index (χ1n) is 6.92. The highest BCUT2D eigenvalue weighted by molar-refractivity contribution is 7.86. The first-order chi connectivity index (χ1) is 8.88. The Morgan fingerprint density at radius 1 is 0.895 bits per heavy atom. The zero-order valence-corrected chi connectivity index (χ0v) is 12.5. The fraction of sp³-hybridized carbons (Fsp3) is 1.00. The van der Waals surface area contributed by atoms with Gasteiger partial charge in [0.1, 0.15) is 0 Å². The molecule has 0 amide bonds. The summed E-state index contributed by atoms with van der Waals surface area (Å²) in [4.78, 5) is 0. The lowest BCUT2D eigenvalue weighted by Gasteiger charge is -2.37. The van der Waals surface area contributed by atoms with Crippen molar-refractivity contribution in [3.8, 4) is 0 Å². The molecule has 0 spiro atoms. The molecule has 0 aromatic heterocycles. The number of hydrogen-bond donors (Lipinski definition) is 1. The van der Waals surface area contributed by atoms with Crippen LogP contribution in [0.1, 0.15) is 51.4 Å². The standard InChI is InChI=1S/C12H22O5S2/c13-18(14)11-5-1-9(2-6-11)10-3-7-12(8-4-10)19(15,16)17/h9-12H,1-8H2,(H,13,14)(H,15,16,17)/p-1. The van der Waals surface area contributed by atoms with E-state index in [1.54, 1.807) is 0 Å². The summed E-state index contributed by atoms with van der Waals surface area (Å²) in [5, 5.41) is -0.778. The third kappa shape index (κ3) is 4.00. The van der Waals surface area contributed by atoms with Crippen molar-refractivity contribution < 1.29 is 21.7 Å². The maximum Gasteiger partial charge on any atom is 0.267 e. The minimum atomic E-state index is -3.88. The van der Waals surface area contributed by atoms with E-state index in [1.807, 2.05) is 0 Å². The number of rotatable bonds is 3. The molecule has 1 atom stereocenters. The van der Waals surface area contributed by atoms with E-state index in [-0.39, 0.29) is 5.25 Å². The first kappa shape index (κ1) is 15.4. The van der Waals surface area contributed by atoms with Crippen LogP contribution in [0.25, 0.3) is 0 Å².